The highest BCUT2D eigenvalue weighted by Crippen LogP contribution is 2.05. The van der Waals surface area contributed by atoms with E-state index in [0.717, 1.165) is 6.54 Å². The Morgan fingerprint density at radius 3 is 2.30 bits per heavy atom. The lowest BCUT2D eigenvalue weighted by Crippen LogP contribution is -2.42. The average molecular weight is 279 g/mol. The fourth-order valence-corrected chi connectivity index (χ4v) is 2.24. The Labute approximate surface area is 120 Å². The highest BCUT2D eigenvalue weighted by Gasteiger charge is 2.14. The molecule has 5 nitrogen and oxygen atoms in total. The first-order valence-corrected chi connectivity index (χ1v) is 7.06. The van der Waals surface area contributed by atoms with Crippen molar-refractivity contribution >= 4 is 11.7 Å². The van der Waals surface area contributed by atoms with E-state index < -0.39 is 0 Å². The first-order valence-electron chi connectivity index (χ1n) is 7.06. The summed E-state index contributed by atoms with van der Waals surface area (Å²) in [5.41, 5.74) is 0.956. The molecule has 1 rings (SSSR count). The van der Waals surface area contributed by atoms with Crippen LogP contribution in [-0.4, -0.2) is 46.7 Å². The summed E-state index contributed by atoms with van der Waals surface area (Å²) in [6, 6.07) is 2.48. The van der Waals surface area contributed by atoms with E-state index in [4.69, 9.17) is 0 Å². The second-order valence-corrected chi connectivity index (χ2v) is 5.54. The lowest BCUT2D eigenvalue weighted by molar-refractivity contribution is 0.0935. The minimum absolute atomic E-state index is 0.0499. The molecule has 2 N–H and O–H groups in total. The second kappa shape index (κ2) is 7.24. The third kappa shape index (κ3) is 4.49. The van der Waals surface area contributed by atoms with Gasteiger partial charge in [0.1, 0.15) is 5.69 Å². The molecule has 0 aliphatic heterocycles. The Bertz CT molecular complexity index is 455. The molecule has 0 radical (unpaired) electrons. The van der Waals surface area contributed by atoms with E-state index in [1.54, 1.807) is 12.3 Å². The Morgan fingerprint density at radius 2 is 1.85 bits per heavy atom. The van der Waals surface area contributed by atoms with Crippen molar-refractivity contribution in [2.45, 2.75) is 46.7 Å². The molecule has 0 spiro atoms. The molecule has 112 valence electrons. The van der Waals surface area contributed by atoms with Crippen LogP contribution in [0.5, 0.6) is 0 Å². The quantitative estimate of drug-likeness (QED) is 0.751. The van der Waals surface area contributed by atoms with Crippen molar-refractivity contribution in [3.05, 3.63) is 23.5 Å². The molecule has 0 saturated carbocycles. The highest BCUT2D eigenvalue weighted by molar-refractivity contribution is 5.99. The number of aromatic nitrogens is 1. The van der Waals surface area contributed by atoms with Crippen molar-refractivity contribution in [2.75, 3.05) is 13.1 Å². The van der Waals surface area contributed by atoms with Gasteiger partial charge >= 0.3 is 0 Å². The van der Waals surface area contributed by atoms with Gasteiger partial charge in [0.15, 0.2) is 5.78 Å². The monoisotopic (exact) mass is 279 g/mol. The molecule has 0 saturated heterocycles. The van der Waals surface area contributed by atoms with Crippen LogP contribution in [0.15, 0.2) is 12.3 Å². The first kappa shape index (κ1) is 16.4. The fourth-order valence-electron chi connectivity index (χ4n) is 2.24. The van der Waals surface area contributed by atoms with E-state index in [-0.39, 0.29) is 11.7 Å². The lowest BCUT2D eigenvalue weighted by Gasteiger charge is -2.30. The van der Waals surface area contributed by atoms with E-state index in [1.807, 2.05) is 0 Å². The molecule has 0 bridgehead atoms. The summed E-state index contributed by atoms with van der Waals surface area (Å²) in [5.74, 6) is -0.226. The molecule has 0 aliphatic carbocycles. The minimum Gasteiger partial charge on any atom is -0.356 e. The number of aromatic amines is 1. The summed E-state index contributed by atoms with van der Waals surface area (Å²) in [6.07, 6.45) is 1.56. The number of nitrogens with one attached hydrogen (secondary N) is 2. The van der Waals surface area contributed by atoms with Gasteiger partial charge < -0.3 is 10.3 Å². The summed E-state index contributed by atoms with van der Waals surface area (Å²) in [6.45, 7) is 11.5. The first-order chi connectivity index (χ1) is 9.32. The summed E-state index contributed by atoms with van der Waals surface area (Å²) >= 11 is 0. The van der Waals surface area contributed by atoms with Crippen LogP contribution >= 0.6 is 0 Å². The number of Topliss-reactive ketones (excluding diaryl/α,β-unsaturated/α-hetero) is 1. The number of H-pyrrole nitrogens is 1. The Balaban J connectivity index is 2.48. The maximum Gasteiger partial charge on any atom is 0.267 e. The van der Waals surface area contributed by atoms with E-state index in [1.165, 1.54) is 6.92 Å². The largest absolute Gasteiger partial charge is 0.356 e. The smallest absolute Gasteiger partial charge is 0.267 e. The molecular formula is C15H25N3O2. The maximum absolute atomic E-state index is 11.9. The number of amides is 1. The lowest BCUT2D eigenvalue weighted by atomic mass is 10.2. The average Bonchev–Trinajstić information content (AvgIpc) is 2.82. The molecule has 0 unspecified atom stereocenters. The zero-order valence-corrected chi connectivity index (χ0v) is 13.0. The number of carbonyl (C=O) groups is 2. The molecule has 1 amide bonds. The third-order valence-corrected chi connectivity index (χ3v) is 3.32. The number of ketones is 1. The highest BCUT2D eigenvalue weighted by atomic mass is 16.2. The van der Waals surface area contributed by atoms with Gasteiger partial charge in [-0.1, -0.05) is 0 Å². The zero-order chi connectivity index (χ0) is 15.3. The molecule has 1 aromatic heterocycles. The maximum atomic E-state index is 11.9. The number of hydrogen-bond donors (Lipinski definition) is 2. The van der Waals surface area contributed by atoms with E-state index >= 15 is 0 Å². The van der Waals surface area contributed by atoms with Crippen molar-refractivity contribution in [3.63, 3.8) is 0 Å². The molecule has 1 aromatic rings. The molecule has 0 aliphatic rings. The van der Waals surface area contributed by atoms with Crippen LogP contribution in [0, 0.1) is 0 Å². The van der Waals surface area contributed by atoms with Crippen LogP contribution in [0.1, 0.15) is 55.5 Å². The molecule has 0 aromatic carbocycles. The SMILES string of the molecule is CC(=O)c1c[nH]c(C(=O)NCCN(C(C)C)C(C)C)c1. The summed E-state index contributed by atoms with van der Waals surface area (Å²) < 4.78 is 0. The van der Waals surface area contributed by atoms with Crippen LogP contribution in [0.25, 0.3) is 0 Å². The number of carbonyl (C=O) groups excluding carboxylic acids is 2. The summed E-state index contributed by atoms with van der Waals surface area (Å²) in [5, 5.41) is 2.87. The standard InChI is InChI=1S/C15H25N3O2/c1-10(2)18(11(3)4)7-6-16-15(20)14-8-13(9-17-14)12(5)19/h8-11,17H,6-7H2,1-5H3,(H,16,20). The molecular weight excluding hydrogens is 254 g/mol. The molecule has 5 heteroatoms. The predicted molar refractivity (Wildman–Crippen MR) is 80.1 cm³/mol. The Hall–Kier alpha value is -1.62. The van der Waals surface area contributed by atoms with Crippen molar-refractivity contribution < 1.29 is 9.59 Å². The van der Waals surface area contributed by atoms with Gasteiger partial charge in [0, 0.05) is 36.9 Å². The van der Waals surface area contributed by atoms with Gasteiger partial charge in [-0.25, -0.2) is 0 Å². The predicted octanol–water partition coefficient (Wildman–Crippen LogP) is 2.07. The molecule has 1 heterocycles. The van der Waals surface area contributed by atoms with Crippen molar-refractivity contribution in [1.82, 2.24) is 15.2 Å². The van der Waals surface area contributed by atoms with Crippen LogP contribution in [-0.2, 0) is 0 Å². The normalized spacial score (nSPS) is 11.4. The van der Waals surface area contributed by atoms with Crippen LogP contribution < -0.4 is 5.32 Å². The number of nitrogens with zero attached hydrogens (tertiary/aromatic N) is 1. The van der Waals surface area contributed by atoms with E-state index in [9.17, 15) is 9.59 Å². The third-order valence-electron chi connectivity index (χ3n) is 3.32. The second-order valence-electron chi connectivity index (χ2n) is 5.54. The van der Waals surface area contributed by atoms with Crippen LogP contribution in [0.3, 0.4) is 0 Å². The summed E-state index contributed by atoms with van der Waals surface area (Å²) in [7, 11) is 0. The van der Waals surface area contributed by atoms with Gasteiger partial charge in [-0.05, 0) is 40.7 Å². The van der Waals surface area contributed by atoms with Crippen LogP contribution in [0.4, 0.5) is 0 Å². The van der Waals surface area contributed by atoms with Gasteiger partial charge in [0.25, 0.3) is 5.91 Å². The van der Waals surface area contributed by atoms with E-state index in [2.05, 4.69) is 42.9 Å². The van der Waals surface area contributed by atoms with Crippen molar-refractivity contribution in [1.29, 1.82) is 0 Å². The van der Waals surface area contributed by atoms with Gasteiger partial charge in [-0.3, -0.25) is 14.5 Å². The van der Waals surface area contributed by atoms with Gasteiger partial charge in [-0.15, -0.1) is 0 Å². The topological polar surface area (TPSA) is 65.2 Å². The minimum atomic E-state index is -0.176. The molecule has 20 heavy (non-hydrogen) atoms. The van der Waals surface area contributed by atoms with Gasteiger partial charge in [0.2, 0.25) is 0 Å². The fraction of sp³-hybridized carbons (Fsp3) is 0.600. The number of rotatable bonds is 7. The van der Waals surface area contributed by atoms with Gasteiger partial charge in [-0.2, -0.15) is 0 Å². The Kier molecular flexibility index (Phi) is 5.95. The Morgan fingerprint density at radius 1 is 1.25 bits per heavy atom. The summed E-state index contributed by atoms with van der Waals surface area (Å²) in [4.78, 5) is 28.2. The zero-order valence-electron chi connectivity index (χ0n) is 13.0. The van der Waals surface area contributed by atoms with Crippen molar-refractivity contribution in [3.8, 4) is 0 Å². The van der Waals surface area contributed by atoms with E-state index in [0.29, 0.717) is 29.9 Å². The molecule has 0 atom stereocenters. The molecule has 0 fully saturated rings. The number of hydrogen-bond acceptors (Lipinski definition) is 3. The van der Waals surface area contributed by atoms with Gasteiger partial charge in [0.05, 0.1) is 0 Å². The van der Waals surface area contributed by atoms with Crippen molar-refractivity contribution in [2.24, 2.45) is 0 Å². The van der Waals surface area contributed by atoms with Crippen LogP contribution in [0.2, 0.25) is 0 Å².